The molecule has 4 N–H and O–H groups in total. The number of benzene rings is 2. The van der Waals surface area contributed by atoms with Gasteiger partial charge in [0.05, 0.1) is 28.2 Å². The zero-order valence-electron chi connectivity index (χ0n) is 15.4. The Bertz CT molecular complexity index is 1230. The van der Waals surface area contributed by atoms with Crippen LogP contribution in [-0.2, 0) is 5.54 Å². The van der Waals surface area contributed by atoms with Gasteiger partial charge in [-0.15, -0.1) is 0 Å². The fraction of sp³-hybridized carbons (Fsp3) is 0.273. The van der Waals surface area contributed by atoms with Crippen LogP contribution in [0.5, 0.6) is 0 Å². The summed E-state index contributed by atoms with van der Waals surface area (Å²) in [5, 5.41) is 10.3. The maximum Gasteiger partial charge on any atom is 0.131 e. The summed E-state index contributed by atoms with van der Waals surface area (Å²) in [6.07, 6.45) is 4.40. The first-order valence-electron chi connectivity index (χ1n) is 9.29. The molecule has 0 radical (unpaired) electrons. The number of H-pyrrole nitrogens is 2. The van der Waals surface area contributed by atoms with Crippen LogP contribution in [0.25, 0.3) is 21.9 Å². The van der Waals surface area contributed by atoms with E-state index in [0.29, 0.717) is 11.5 Å². The van der Waals surface area contributed by atoms with E-state index in [1.807, 2.05) is 19.2 Å². The van der Waals surface area contributed by atoms with Gasteiger partial charge in [-0.2, -0.15) is 5.26 Å². The van der Waals surface area contributed by atoms with Crippen molar-refractivity contribution in [1.82, 2.24) is 15.0 Å². The minimum atomic E-state index is -0.766. The minimum Gasteiger partial charge on any atom is -0.361 e. The first kappa shape index (κ1) is 16.1. The Morgan fingerprint density at radius 3 is 2.81 bits per heavy atom. The molecule has 1 aliphatic carbocycles. The highest BCUT2D eigenvalue weighted by Crippen LogP contribution is 2.47. The van der Waals surface area contributed by atoms with E-state index >= 15 is 0 Å². The van der Waals surface area contributed by atoms with Gasteiger partial charge < -0.3 is 15.7 Å². The van der Waals surface area contributed by atoms with E-state index in [0.717, 1.165) is 27.9 Å². The minimum absolute atomic E-state index is 0.579. The maximum absolute atomic E-state index is 9.15. The number of aryl methyl sites for hydroxylation is 1. The molecule has 1 saturated carbocycles. The van der Waals surface area contributed by atoms with Crippen LogP contribution in [0.3, 0.4) is 0 Å². The van der Waals surface area contributed by atoms with Crippen molar-refractivity contribution in [2.75, 3.05) is 0 Å². The highest BCUT2D eigenvalue weighted by Gasteiger charge is 2.37. The largest absolute Gasteiger partial charge is 0.361 e. The zero-order chi connectivity index (χ0) is 18.8. The maximum atomic E-state index is 9.15. The Labute approximate surface area is 157 Å². The average molecular weight is 355 g/mol. The Hall–Kier alpha value is -3.10. The molecule has 5 nitrogen and oxygen atoms in total. The number of fused-ring (bicyclic) bond motifs is 2. The highest BCUT2D eigenvalue weighted by molar-refractivity contribution is 5.89. The van der Waals surface area contributed by atoms with Gasteiger partial charge in [0.25, 0.3) is 0 Å². The van der Waals surface area contributed by atoms with Crippen LogP contribution in [-0.4, -0.2) is 15.0 Å². The van der Waals surface area contributed by atoms with E-state index < -0.39 is 5.54 Å². The van der Waals surface area contributed by atoms with Gasteiger partial charge in [0.15, 0.2) is 0 Å². The van der Waals surface area contributed by atoms with Crippen LogP contribution in [0.2, 0.25) is 0 Å². The predicted molar refractivity (Wildman–Crippen MR) is 106 cm³/mol. The second-order valence-electron chi connectivity index (χ2n) is 7.83. The van der Waals surface area contributed by atoms with Gasteiger partial charge >= 0.3 is 0 Å². The third-order valence-corrected chi connectivity index (χ3v) is 5.71. The third kappa shape index (κ3) is 2.37. The Balaban J connectivity index is 1.76. The molecule has 5 rings (SSSR count). The fourth-order valence-corrected chi connectivity index (χ4v) is 4.17. The summed E-state index contributed by atoms with van der Waals surface area (Å²) < 4.78 is 0. The van der Waals surface area contributed by atoms with Gasteiger partial charge in [0.1, 0.15) is 5.82 Å². The molecule has 4 aromatic rings. The van der Waals surface area contributed by atoms with E-state index in [1.165, 1.54) is 29.4 Å². The van der Waals surface area contributed by atoms with Gasteiger partial charge in [0, 0.05) is 17.1 Å². The third-order valence-electron chi connectivity index (χ3n) is 5.71. The van der Waals surface area contributed by atoms with E-state index in [2.05, 4.69) is 35.1 Å². The van der Waals surface area contributed by atoms with Crippen molar-refractivity contribution in [3.63, 3.8) is 0 Å². The first-order valence-corrected chi connectivity index (χ1v) is 9.29. The van der Waals surface area contributed by atoms with Crippen LogP contribution < -0.4 is 5.73 Å². The monoisotopic (exact) mass is 355 g/mol. The van der Waals surface area contributed by atoms with Crippen molar-refractivity contribution in [2.24, 2.45) is 5.73 Å². The number of nitrogens with one attached hydrogen (secondary N) is 2. The smallest absolute Gasteiger partial charge is 0.131 e. The second kappa shape index (κ2) is 5.45. The van der Waals surface area contributed by atoms with Gasteiger partial charge in [-0.25, -0.2) is 4.98 Å². The summed E-state index contributed by atoms with van der Waals surface area (Å²) in [6.45, 7) is 4.17. The molecule has 0 amide bonds. The number of nitriles is 1. The number of aromatic amines is 2. The number of rotatable bonds is 3. The lowest BCUT2D eigenvalue weighted by Crippen LogP contribution is -2.37. The molecule has 1 aliphatic rings. The Kier molecular flexibility index (Phi) is 3.25. The van der Waals surface area contributed by atoms with Gasteiger partial charge in [-0.3, -0.25) is 0 Å². The first-order chi connectivity index (χ1) is 13.0. The van der Waals surface area contributed by atoms with Crippen molar-refractivity contribution in [3.05, 3.63) is 64.6 Å². The highest BCUT2D eigenvalue weighted by atomic mass is 15.0. The molecule has 1 fully saturated rings. The molecule has 2 heterocycles. The number of nitrogens with zero attached hydrogens (tertiary/aromatic N) is 2. The lowest BCUT2D eigenvalue weighted by Gasteiger charge is -2.27. The molecule has 0 bridgehead atoms. The molecule has 1 unspecified atom stereocenters. The number of aromatic nitrogens is 3. The molecule has 0 aliphatic heterocycles. The molecule has 2 aromatic carbocycles. The quantitative estimate of drug-likeness (QED) is 0.511. The van der Waals surface area contributed by atoms with Gasteiger partial charge in [-0.05, 0) is 73.6 Å². The number of hydrogen-bond donors (Lipinski definition) is 3. The summed E-state index contributed by atoms with van der Waals surface area (Å²) in [4.78, 5) is 11.5. The van der Waals surface area contributed by atoms with E-state index in [1.54, 1.807) is 12.1 Å². The summed E-state index contributed by atoms with van der Waals surface area (Å²) in [6, 6.07) is 12.1. The zero-order valence-corrected chi connectivity index (χ0v) is 15.4. The standard InChI is InChI=1S/C22H21N5/c1-12-9-16(14-4-5-14)19(15-7-8-25-20(12)15)22(2,24)21-26-17-6-3-13(11-23)10-18(17)27-21/h3,6-10,14,25H,4-5,24H2,1-2H3,(H,26,27). The Morgan fingerprint density at radius 2 is 2.07 bits per heavy atom. The number of imidazole rings is 1. The summed E-state index contributed by atoms with van der Waals surface area (Å²) in [5.41, 5.74) is 13.3. The Morgan fingerprint density at radius 1 is 1.26 bits per heavy atom. The normalized spacial score (nSPS) is 16.5. The average Bonchev–Trinajstić information content (AvgIpc) is 3.21. The van der Waals surface area contributed by atoms with Crippen molar-refractivity contribution >= 4 is 21.9 Å². The van der Waals surface area contributed by atoms with Crippen LogP contribution >= 0.6 is 0 Å². The topological polar surface area (TPSA) is 94.3 Å². The second-order valence-corrected chi connectivity index (χ2v) is 7.83. The molecule has 134 valence electrons. The van der Waals surface area contributed by atoms with Crippen LogP contribution in [0, 0.1) is 18.3 Å². The van der Waals surface area contributed by atoms with Gasteiger partial charge in [-0.1, -0.05) is 6.07 Å². The van der Waals surface area contributed by atoms with E-state index in [9.17, 15) is 0 Å². The van der Waals surface area contributed by atoms with E-state index in [4.69, 9.17) is 16.0 Å². The van der Waals surface area contributed by atoms with Gasteiger partial charge in [0.2, 0.25) is 0 Å². The molecule has 0 saturated heterocycles. The summed E-state index contributed by atoms with van der Waals surface area (Å²) >= 11 is 0. The van der Waals surface area contributed by atoms with Crippen molar-refractivity contribution < 1.29 is 0 Å². The summed E-state index contributed by atoms with van der Waals surface area (Å²) in [7, 11) is 0. The fourth-order valence-electron chi connectivity index (χ4n) is 4.17. The van der Waals surface area contributed by atoms with Crippen molar-refractivity contribution in [1.29, 1.82) is 5.26 Å². The molecule has 27 heavy (non-hydrogen) atoms. The number of nitrogens with two attached hydrogens (primary N) is 1. The van der Waals surface area contributed by atoms with Crippen molar-refractivity contribution in [3.8, 4) is 6.07 Å². The summed E-state index contributed by atoms with van der Waals surface area (Å²) in [5.74, 6) is 1.30. The lowest BCUT2D eigenvalue weighted by atomic mass is 9.83. The molecule has 0 spiro atoms. The van der Waals surface area contributed by atoms with Crippen LogP contribution in [0.1, 0.15) is 53.8 Å². The number of hydrogen-bond acceptors (Lipinski definition) is 3. The molecule has 2 aromatic heterocycles. The van der Waals surface area contributed by atoms with Crippen LogP contribution in [0.4, 0.5) is 0 Å². The molecular weight excluding hydrogens is 334 g/mol. The van der Waals surface area contributed by atoms with Crippen molar-refractivity contribution in [2.45, 2.75) is 38.1 Å². The van der Waals surface area contributed by atoms with Crippen LogP contribution in [0.15, 0.2) is 36.5 Å². The molecule has 1 atom stereocenters. The lowest BCUT2D eigenvalue weighted by molar-refractivity contribution is 0.566. The van der Waals surface area contributed by atoms with E-state index in [-0.39, 0.29) is 0 Å². The predicted octanol–water partition coefficient (Wildman–Crippen LogP) is 4.32. The molecule has 5 heteroatoms. The SMILES string of the molecule is Cc1cc(C2CC2)c(C(C)(N)c2nc3cc(C#N)ccc3[nH]2)c2cc[nH]c12. The molecular formula is C22H21N5.